The van der Waals surface area contributed by atoms with Crippen LogP contribution in [0.3, 0.4) is 0 Å². The van der Waals surface area contributed by atoms with Gasteiger partial charge < -0.3 is 5.11 Å². The van der Waals surface area contributed by atoms with Crippen LogP contribution in [0.1, 0.15) is 6.92 Å². The number of aliphatic carboxylic acids is 1. The highest BCUT2D eigenvalue weighted by molar-refractivity contribution is 9.10. The van der Waals surface area contributed by atoms with E-state index in [1.807, 2.05) is 0 Å². The minimum atomic E-state index is -3.61. The average Bonchev–Trinajstić information content (AvgIpc) is 2.64. The van der Waals surface area contributed by atoms with E-state index in [0.717, 1.165) is 15.6 Å². The highest BCUT2D eigenvalue weighted by Crippen LogP contribution is 2.29. The Morgan fingerprint density at radius 1 is 1.65 bits per heavy atom. The van der Waals surface area contributed by atoms with Gasteiger partial charge in [0.25, 0.3) is 10.0 Å². The Bertz CT molecular complexity index is 511. The minimum Gasteiger partial charge on any atom is -0.481 e. The zero-order valence-electron chi connectivity index (χ0n) is 9.25. The van der Waals surface area contributed by atoms with Crippen LogP contribution < -0.4 is 0 Å². The Labute approximate surface area is 112 Å². The molecule has 1 rings (SSSR count). The minimum absolute atomic E-state index is 0.0536. The summed E-state index contributed by atoms with van der Waals surface area (Å²) in [6, 6.07) is 1.64. The van der Waals surface area contributed by atoms with Crippen LogP contribution in [0.5, 0.6) is 0 Å². The van der Waals surface area contributed by atoms with Crippen molar-refractivity contribution in [2.75, 3.05) is 13.6 Å². The fourth-order valence-electron chi connectivity index (χ4n) is 1.17. The maximum absolute atomic E-state index is 12.1. The first-order valence-corrected chi connectivity index (χ1v) is 7.80. The Morgan fingerprint density at radius 3 is 2.65 bits per heavy atom. The largest absolute Gasteiger partial charge is 0.481 e. The van der Waals surface area contributed by atoms with E-state index >= 15 is 0 Å². The van der Waals surface area contributed by atoms with Crippen LogP contribution in [0.25, 0.3) is 0 Å². The third kappa shape index (κ3) is 3.27. The second-order valence-corrected chi connectivity index (χ2v) is 7.59. The standard InChI is InChI=1S/C9H12BrNO4S2/c1-6(8(12)13)5-11(2)17(14,15)9-7(10)3-4-16-9/h3-4,6H,5H2,1-2H3,(H,12,13). The van der Waals surface area contributed by atoms with Gasteiger partial charge in [0.15, 0.2) is 0 Å². The van der Waals surface area contributed by atoms with Crippen molar-refractivity contribution in [2.45, 2.75) is 11.1 Å². The summed E-state index contributed by atoms with van der Waals surface area (Å²) in [6.07, 6.45) is 0. The van der Waals surface area contributed by atoms with Gasteiger partial charge in [-0.1, -0.05) is 6.92 Å². The van der Waals surface area contributed by atoms with E-state index in [1.54, 1.807) is 11.4 Å². The Balaban J connectivity index is 2.93. The van der Waals surface area contributed by atoms with Gasteiger partial charge in [-0.25, -0.2) is 8.42 Å². The Kier molecular flexibility index (Phi) is 4.70. The van der Waals surface area contributed by atoms with Crippen molar-refractivity contribution in [1.29, 1.82) is 0 Å². The van der Waals surface area contributed by atoms with Crippen molar-refractivity contribution < 1.29 is 18.3 Å². The molecule has 0 amide bonds. The van der Waals surface area contributed by atoms with Crippen molar-refractivity contribution in [3.8, 4) is 0 Å². The molecule has 8 heteroatoms. The topological polar surface area (TPSA) is 74.7 Å². The van der Waals surface area contributed by atoms with Crippen LogP contribution in [0.4, 0.5) is 0 Å². The number of rotatable bonds is 5. The van der Waals surface area contributed by atoms with Gasteiger partial charge >= 0.3 is 5.97 Å². The molecule has 0 spiro atoms. The van der Waals surface area contributed by atoms with E-state index in [9.17, 15) is 13.2 Å². The second-order valence-electron chi connectivity index (χ2n) is 3.58. The number of thiophene rings is 1. The van der Waals surface area contributed by atoms with E-state index in [2.05, 4.69) is 15.9 Å². The zero-order valence-corrected chi connectivity index (χ0v) is 12.5. The zero-order chi connectivity index (χ0) is 13.2. The first-order valence-electron chi connectivity index (χ1n) is 4.69. The molecule has 1 N–H and O–H groups in total. The number of nitrogens with zero attached hydrogens (tertiary/aromatic N) is 1. The summed E-state index contributed by atoms with van der Waals surface area (Å²) in [5.74, 6) is -1.76. The molecule has 0 aliphatic rings. The normalized spacial score (nSPS) is 13.9. The number of halogens is 1. The first kappa shape index (κ1) is 14.6. The summed E-state index contributed by atoms with van der Waals surface area (Å²) in [5.41, 5.74) is 0. The first-order chi connectivity index (χ1) is 7.76. The van der Waals surface area contributed by atoms with Crippen LogP contribution in [0.2, 0.25) is 0 Å². The molecule has 0 aromatic carbocycles. The molecule has 0 saturated heterocycles. The summed E-state index contributed by atoms with van der Waals surface area (Å²) in [4.78, 5) is 10.7. The van der Waals surface area contributed by atoms with Gasteiger partial charge in [0, 0.05) is 18.1 Å². The van der Waals surface area contributed by atoms with Crippen LogP contribution >= 0.6 is 27.3 Å². The van der Waals surface area contributed by atoms with Crippen molar-refractivity contribution >= 4 is 43.3 Å². The van der Waals surface area contributed by atoms with Crippen LogP contribution in [0, 0.1) is 5.92 Å². The lowest BCUT2D eigenvalue weighted by molar-refractivity contribution is -0.141. The number of sulfonamides is 1. The molecule has 0 fully saturated rings. The van der Waals surface area contributed by atoms with Gasteiger partial charge in [0.2, 0.25) is 0 Å². The second kappa shape index (κ2) is 5.47. The fourth-order valence-corrected chi connectivity index (χ4v) is 4.93. The van der Waals surface area contributed by atoms with Gasteiger partial charge in [0.1, 0.15) is 4.21 Å². The summed E-state index contributed by atoms with van der Waals surface area (Å²) >= 11 is 4.25. The molecule has 1 heterocycles. The highest BCUT2D eigenvalue weighted by Gasteiger charge is 2.27. The van der Waals surface area contributed by atoms with E-state index in [4.69, 9.17) is 5.11 Å². The molecule has 0 radical (unpaired) electrons. The molecule has 17 heavy (non-hydrogen) atoms. The lowest BCUT2D eigenvalue weighted by Gasteiger charge is -2.18. The van der Waals surface area contributed by atoms with E-state index in [1.165, 1.54) is 14.0 Å². The summed E-state index contributed by atoms with van der Waals surface area (Å²) in [7, 11) is -2.24. The van der Waals surface area contributed by atoms with E-state index in [0.29, 0.717) is 4.47 Å². The molecule has 0 bridgehead atoms. The number of hydrogen-bond donors (Lipinski definition) is 1. The Morgan fingerprint density at radius 2 is 2.24 bits per heavy atom. The lowest BCUT2D eigenvalue weighted by Crippen LogP contribution is -2.33. The monoisotopic (exact) mass is 341 g/mol. The SMILES string of the molecule is CC(CN(C)S(=O)(=O)c1sccc1Br)C(=O)O. The highest BCUT2D eigenvalue weighted by atomic mass is 79.9. The molecule has 0 aliphatic carbocycles. The van der Waals surface area contributed by atoms with Gasteiger partial charge in [-0.3, -0.25) is 4.79 Å². The molecular formula is C9H12BrNO4S2. The van der Waals surface area contributed by atoms with Gasteiger partial charge in [-0.05, 0) is 27.4 Å². The molecule has 0 saturated carbocycles. The van der Waals surface area contributed by atoms with E-state index < -0.39 is 21.9 Å². The van der Waals surface area contributed by atoms with Crippen molar-refractivity contribution in [3.63, 3.8) is 0 Å². The fraction of sp³-hybridized carbons (Fsp3) is 0.444. The lowest BCUT2D eigenvalue weighted by atomic mass is 10.2. The quantitative estimate of drug-likeness (QED) is 0.886. The van der Waals surface area contributed by atoms with Crippen molar-refractivity contribution in [3.05, 3.63) is 15.9 Å². The number of carboxylic acid groups (broad SMARTS) is 1. The molecule has 1 atom stereocenters. The maximum atomic E-state index is 12.1. The third-order valence-electron chi connectivity index (χ3n) is 2.18. The summed E-state index contributed by atoms with van der Waals surface area (Å²) < 4.78 is 25.9. The molecule has 1 aromatic heterocycles. The predicted octanol–water partition coefficient (Wildman–Crippen LogP) is 1.85. The van der Waals surface area contributed by atoms with Crippen LogP contribution in [-0.2, 0) is 14.8 Å². The van der Waals surface area contributed by atoms with Crippen molar-refractivity contribution in [1.82, 2.24) is 4.31 Å². The molecule has 96 valence electrons. The molecule has 1 aromatic rings. The van der Waals surface area contributed by atoms with Gasteiger partial charge in [-0.15, -0.1) is 11.3 Å². The summed E-state index contributed by atoms with van der Waals surface area (Å²) in [6.45, 7) is 1.42. The van der Waals surface area contributed by atoms with Crippen molar-refractivity contribution in [2.24, 2.45) is 5.92 Å². The average molecular weight is 342 g/mol. The number of hydrogen-bond acceptors (Lipinski definition) is 4. The molecule has 0 aliphatic heterocycles. The van der Waals surface area contributed by atoms with Crippen LogP contribution in [0.15, 0.2) is 20.1 Å². The van der Waals surface area contributed by atoms with Crippen LogP contribution in [-0.4, -0.2) is 37.4 Å². The smallest absolute Gasteiger partial charge is 0.307 e. The molecule has 1 unspecified atom stereocenters. The van der Waals surface area contributed by atoms with E-state index in [-0.39, 0.29) is 10.8 Å². The number of carbonyl (C=O) groups is 1. The number of carboxylic acids is 1. The third-order valence-corrected chi connectivity index (χ3v) is 6.65. The van der Waals surface area contributed by atoms with Gasteiger partial charge in [0.05, 0.1) is 5.92 Å². The maximum Gasteiger partial charge on any atom is 0.307 e. The van der Waals surface area contributed by atoms with Gasteiger partial charge in [-0.2, -0.15) is 4.31 Å². The Hall–Kier alpha value is -0.440. The predicted molar refractivity (Wildman–Crippen MR) is 68.6 cm³/mol. The molecule has 5 nitrogen and oxygen atoms in total. The molecular weight excluding hydrogens is 330 g/mol. The summed E-state index contributed by atoms with van der Waals surface area (Å²) in [5, 5.41) is 10.4.